The highest BCUT2D eigenvalue weighted by Gasteiger charge is 2.33. The number of carbonyl (C=O) groups excluding carboxylic acids is 2. The lowest BCUT2D eigenvalue weighted by Gasteiger charge is -2.23. The van der Waals surface area contributed by atoms with Gasteiger partial charge in [-0.25, -0.2) is 0 Å². The van der Waals surface area contributed by atoms with Crippen molar-refractivity contribution in [1.82, 2.24) is 4.90 Å². The molecule has 1 heterocycles. The first kappa shape index (κ1) is 10.4. The van der Waals surface area contributed by atoms with E-state index in [-0.39, 0.29) is 11.2 Å². The highest BCUT2D eigenvalue weighted by atomic mass is 32.1. The average molecular weight is 202 g/mol. The molecule has 1 fully saturated rings. The summed E-state index contributed by atoms with van der Waals surface area (Å²) in [5.74, 6) is -0.524. The maximum absolute atomic E-state index is 11.5. The van der Waals surface area contributed by atoms with Crippen molar-refractivity contribution in [3.05, 3.63) is 0 Å². The summed E-state index contributed by atoms with van der Waals surface area (Å²) in [4.78, 5) is 24.0. The molecule has 0 aliphatic carbocycles. The molecule has 13 heavy (non-hydrogen) atoms. The standard InChI is InChI=1S/C8H14N2O2S/c1-5(13)8(12)10-4-2-3-6(10)7(9)11/h5-6,13H,2-4H2,1H3,(H2,9,11)/t5?,6-/m0/s1. The Balaban J connectivity index is 2.68. The number of thiol groups is 1. The molecule has 2 amide bonds. The minimum absolute atomic E-state index is 0.107. The van der Waals surface area contributed by atoms with E-state index in [4.69, 9.17) is 5.73 Å². The Kier molecular flexibility index (Phi) is 3.19. The zero-order valence-electron chi connectivity index (χ0n) is 7.56. The Labute approximate surface area is 82.9 Å². The summed E-state index contributed by atoms with van der Waals surface area (Å²) >= 11 is 4.03. The lowest BCUT2D eigenvalue weighted by molar-refractivity contribution is -0.136. The van der Waals surface area contributed by atoms with Crippen molar-refractivity contribution in [3.63, 3.8) is 0 Å². The molecule has 2 atom stereocenters. The normalized spacial score (nSPS) is 24.5. The van der Waals surface area contributed by atoms with Crippen LogP contribution in [0.1, 0.15) is 19.8 Å². The number of amides is 2. The summed E-state index contributed by atoms with van der Waals surface area (Å²) in [6.45, 7) is 2.32. The van der Waals surface area contributed by atoms with E-state index in [0.29, 0.717) is 13.0 Å². The Bertz CT molecular complexity index is 230. The van der Waals surface area contributed by atoms with E-state index in [1.54, 1.807) is 6.92 Å². The molecule has 0 bridgehead atoms. The number of nitrogens with zero attached hydrogens (tertiary/aromatic N) is 1. The predicted molar refractivity (Wildman–Crippen MR) is 52.4 cm³/mol. The van der Waals surface area contributed by atoms with E-state index in [1.165, 1.54) is 4.90 Å². The molecule has 0 aromatic heterocycles. The third-order valence-electron chi connectivity index (χ3n) is 2.22. The number of nitrogens with two attached hydrogens (primary N) is 1. The SMILES string of the molecule is CC(S)C(=O)N1CCC[C@H]1C(N)=O. The predicted octanol–water partition coefficient (Wildman–Crippen LogP) is -0.219. The third kappa shape index (κ3) is 2.15. The first-order valence-electron chi connectivity index (χ1n) is 4.32. The summed E-state index contributed by atoms with van der Waals surface area (Å²) in [7, 11) is 0. The second-order valence-corrected chi connectivity index (χ2v) is 4.04. The first-order chi connectivity index (χ1) is 6.04. The van der Waals surface area contributed by atoms with Gasteiger partial charge in [-0.15, -0.1) is 0 Å². The Morgan fingerprint density at radius 1 is 1.62 bits per heavy atom. The van der Waals surface area contributed by atoms with Crippen molar-refractivity contribution < 1.29 is 9.59 Å². The summed E-state index contributed by atoms with van der Waals surface area (Å²) in [5.41, 5.74) is 5.17. The van der Waals surface area contributed by atoms with Crippen LogP contribution >= 0.6 is 12.6 Å². The second kappa shape index (κ2) is 4.00. The largest absolute Gasteiger partial charge is 0.368 e. The number of hydrogen-bond acceptors (Lipinski definition) is 3. The van der Waals surface area contributed by atoms with Crippen molar-refractivity contribution >= 4 is 24.4 Å². The maximum atomic E-state index is 11.5. The lowest BCUT2D eigenvalue weighted by Crippen LogP contribution is -2.46. The van der Waals surface area contributed by atoms with E-state index in [2.05, 4.69) is 12.6 Å². The Morgan fingerprint density at radius 2 is 2.23 bits per heavy atom. The molecule has 0 radical (unpaired) electrons. The fourth-order valence-electron chi connectivity index (χ4n) is 1.57. The molecule has 74 valence electrons. The van der Waals surface area contributed by atoms with Crippen molar-refractivity contribution in [2.45, 2.75) is 31.1 Å². The second-order valence-electron chi connectivity index (χ2n) is 3.27. The fourth-order valence-corrected chi connectivity index (χ4v) is 1.71. The van der Waals surface area contributed by atoms with Gasteiger partial charge in [-0.2, -0.15) is 12.6 Å². The smallest absolute Gasteiger partial charge is 0.240 e. The molecular weight excluding hydrogens is 188 g/mol. The lowest BCUT2D eigenvalue weighted by atomic mass is 10.2. The van der Waals surface area contributed by atoms with Crippen LogP contribution in [-0.4, -0.2) is 34.6 Å². The van der Waals surface area contributed by atoms with Crippen molar-refractivity contribution in [2.24, 2.45) is 5.73 Å². The van der Waals surface area contributed by atoms with Gasteiger partial charge in [-0.1, -0.05) is 0 Å². The molecule has 4 nitrogen and oxygen atoms in total. The Morgan fingerprint density at radius 3 is 2.69 bits per heavy atom. The number of rotatable bonds is 2. The van der Waals surface area contributed by atoms with Crippen molar-refractivity contribution in [3.8, 4) is 0 Å². The third-order valence-corrected chi connectivity index (χ3v) is 2.44. The molecule has 1 saturated heterocycles. The zero-order chi connectivity index (χ0) is 10.0. The summed E-state index contributed by atoms with van der Waals surface area (Å²) in [5, 5.41) is -0.361. The van der Waals surface area contributed by atoms with Gasteiger partial charge in [0, 0.05) is 6.54 Å². The van der Waals surface area contributed by atoms with Crippen LogP contribution in [0.25, 0.3) is 0 Å². The molecule has 0 spiro atoms. The molecule has 0 aromatic rings. The van der Waals surface area contributed by atoms with Crippen LogP contribution in [0.2, 0.25) is 0 Å². The Hall–Kier alpha value is -0.710. The van der Waals surface area contributed by atoms with Crippen LogP contribution in [0.4, 0.5) is 0 Å². The minimum atomic E-state index is -0.417. The van der Waals surface area contributed by atoms with Gasteiger partial charge in [0.15, 0.2) is 0 Å². The average Bonchev–Trinajstić information content (AvgIpc) is 2.50. The van der Waals surface area contributed by atoms with Gasteiger partial charge in [0.25, 0.3) is 0 Å². The van der Waals surface area contributed by atoms with E-state index >= 15 is 0 Å². The van der Waals surface area contributed by atoms with E-state index < -0.39 is 11.9 Å². The number of likely N-dealkylation sites (tertiary alicyclic amines) is 1. The number of carbonyl (C=O) groups is 2. The maximum Gasteiger partial charge on any atom is 0.240 e. The van der Waals surface area contributed by atoms with Gasteiger partial charge in [-0.3, -0.25) is 9.59 Å². The summed E-state index contributed by atoms with van der Waals surface area (Å²) < 4.78 is 0. The molecule has 0 saturated carbocycles. The van der Waals surface area contributed by atoms with Gasteiger partial charge < -0.3 is 10.6 Å². The van der Waals surface area contributed by atoms with Crippen LogP contribution < -0.4 is 5.73 Å². The molecule has 2 N–H and O–H groups in total. The molecule has 1 rings (SSSR count). The number of hydrogen-bond donors (Lipinski definition) is 2. The zero-order valence-corrected chi connectivity index (χ0v) is 8.46. The van der Waals surface area contributed by atoms with Crippen LogP contribution in [0.5, 0.6) is 0 Å². The van der Waals surface area contributed by atoms with Crippen LogP contribution in [0, 0.1) is 0 Å². The van der Waals surface area contributed by atoms with E-state index in [0.717, 1.165) is 6.42 Å². The van der Waals surface area contributed by atoms with Gasteiger partial charge >= 0.3 is 0 Å². The highest BCUT2D eigenvalue weighted by molar-refractivity contribution is 7.81. The number of primary amides is 1. The monoisotopic (exact) mass is 202 g/mol. The van der Waals surface area contributed by atoms with Crippen LogP contribution in [-0.2, 0) is 9.59 Å². The molecule has 1 aliphatic heterocycles. The summed E-state index contributed by atoms with van der Waals surface area (Å²) in [6, 6.07) is -0.415. The van der Waals surface area contributed by atoms with Crippen molar-refractivity contribution in [1.29, 1.82) is 0 Å². The van der Waals surface area contributed by atoms with Gasteiger partial charge in [0.2, 0.25) is 11.8 Å². The van der Waals surface area contributed by atoms with Gasteiger partial charge in [0.1, 0.15) is 6.04 Å². The van der Waals surface area contributed by atoms with E-state index in [1.807, 2.05) is 0 Å². The molecule has 0 aromatic carbocycles. The van der Waals surface area contributed by atoms with Gasteiger partial charge in [0.05, 0.1) is 5.25 Å². The molecular formula is C8H14N2O2S. The van der Waals surface area contributed by atoms with Crippen molar-refractivity contribution in [2.75, 3.05) is 6.54 Å². The van der Waals surface area contributed by atoms with Crippen LogP contribution in [0.15, 0.2) is 0 Å². The molecule has 5 heteroatoms. The fraction of sp³-hybridized carbons (Fsp3) is 0.750. The molecule has 1 aliphatic rings. The minimum Gasteiger partial charge on any atom is -0.368 e. The van der Waals surface area contributed by atoms with Crippen LogP contribution in [0.3, 0.4) is 0 Å². The topological polar surface area (TPSA) is 63.4 Å². The van der Waals surface area contributed by atoms with Gasteiger partial charge in [-0.05, 0) is 19.8 Å². The summed E-state index contributed by atoms with van der Waals surface area (Å²) in [6.07, 6.45) is 1.53. The first-order valence-corrected chi connectivity index (χ1v) is 4.83. The molecule has 1 unspecified atom stereocenters. The van der Waals surface area contributed by atoms with E-state index in [9.17, 15) is 9.59 Å². The quantitative estimate of drug-likeness (QED) is 0.608. The highest BCUT2D eigenvalue weighted by Crippen LogP contribution is 2.18.